The molecule has 2 aliphatic heterocycles. The van der Waals surface area contributed by atoms with Crippen molar-refractivity contribution in [2.45, 2.75) is 58.2 Å². The van der Waals surface area contributed by atoms with Gasteiger partial charge in [0, 0.05) is 13.1 Å². The molecule has 11 heteroatoms. The number of ether oxygens (including phenoxy) is 1. The maximum absolute atomic E-state index is 14.8. The Morgan fingerprint density at radius 3 is 2.55 bits per heavy atom. The normalized spacial score (nSPS) is 24.0. The second-order valence-electron chi connectivity index (χ2n) is 7.88. The molecule has 2 unspecified atom stereocenters. The SMILES string of the molecule is CC(C)C(F)CN1c2nc(N3CCOC[C@H]3C)c(F)c(=O)n2CCC1C(F)(F)F. The number of alkyl halides is 4. The maximum atomic E-state index is 14.8. The molecular weight excluding hydrogens is 399 g/mol. The summed E-state index contributed by atoms with van der Waals surface area (Å²) in [6.45, 7) is 4.73. The van der Waals surface area contributed by atoms with Crippen LogP contribution in [0, 0.1) is 11.7 Å². The lowest BCUT2D eigenvalue weighted by molar-refractivity contribution is -0.153. The molecule has 2 aliphatic rings. The van der Waals surface area contributed by atoms with Crippen molar-refractivity contribution in [3.63, 3.8) is 0 Å². The van der Waals surface area contributed by atoms with E-state index in [-0.39, 0.29) is 44.1 Å². The first-order valence-corrected chi connectivity index (χ1v) is 9.64. The average molecular weight is 424 g/mol. The van der Waals surface area contributed by atoms with Gasteiger partial charge in [-0.3, -0.25) is 9.36 Å². The lowest BCUT2D eigenvalue weighted by atomic mass is 10.0. The van der Waals surface area contributed by atoms with Crippen LogP contribution in [0.1, 0.15) is 27.2 Å². The fraction of sp³-hybridized carbons (Fsp3) is 0.778. The molecule has 3 heterocycles. The molecule has 6 nitrogen and oxygen atoms in total. The number of fused-ring (bicyclic) bond motifs is 1. The largest absolute Gasteiger partial charge is 0.408 e. The van der Waals surface area contributed by atoms with Crippen LogP contribution in [0.25, 0.3) is 0 Å². The fourth-order valence-electron chi connectivity index (χ4n) is 3.66. The van der Waals surface area contributed by atoms with Crippen LogP contribution in [0.5, 0.6) is 0 Å². The zero-order valence-electron chi connectivity index (χ0n) is 16.5. The van der Waals surface area contributed by atoms with Crippen LogP contribution in [0.15, 0.2) is 4.79 Å². The van der Waals surface area contributed by atoms with Gasteiger partial charge in [-0.25, -0.2) is 4.39 Å². The van der Waals surface area contributed by atoms with Crippen LogP contribution < -0.4 is 15.4 Å². The van der Waals surface area contributed by atoms with E-state index in [4.69, 9.17) is 4.74 Å². The van der Waals surface area contributed by atoms with Crippen molar-refractivity contribution in [1.82, 2.24) is 9.55 Å². The van der Waals surface area contributed by atoms with Crippen LogP contribution in [-0.4, -0.2) is 60.3 Å². The van der Waals surface area contributed by atoms with E-state index in [1.807, 2.05) is 0 Å². The Labute approximate surface area is 165 Å². The first-order valence-electron chi connectivity index (χ1n) is 9.64. The van der Waals surface area contributed by atoms with Gasteiger partial charge >= 0.3 is 6.18 Å². The third-order valence-corrected chi connectivity index (χ3v) is 5.45. The van der Waals surface area contributed by atoms with E-state index in [0.29, 0.717) is 0 Å². The summed E-state index contributed by atoms with van der Waals surface area (Å²) in [4.78, 5) is 19.0. The molecule has 3 atom stereocenters. The van der Waals surface area contributed by atoms with Crippen molar-refractivity contribution in [3.8, 4) is 0 Å². The smallest absolute Gasteiger partial charge is 0.377 e. The van der Waals surface area contributed by atoms with Gasteiger partial charge in [0.25, 0.3) is 5.56 Å². The number of morpholine rings is 1. The summed E-state index contributed by atoms with van der Waals surface area (Å²) in [7, 11) is 0. The topological polar surface area (TPSA) is 50.6 Å². The van der Waals surface area contributed by atoms with Gasteiger partial charge in [-0.05, 0) is 19.3 Å². The Morgan fingerprint density at radius 2 is 1.97 bits per heavy atom. The van der Waals surface area contributed by atoms with Crippen LogP contribution in [0.2, 0.25) is 0 Å². The van der Waals surface area contributed by atoms with Crippen LogP contribution >= 0.6 is 0 Å². The minimum atomic E-state index is -4.64. The van der Waals surface area contributed by atoms with Gasteiger partial charge < -0.3 is 14.5 Å². The predicted octanol–water partition coefficient (Wildman–Crippen LogP) is 2.74. The van der Waals surface area contributed by atoms with Crippen molar-refractivity contribution in [3.05, 3.63) is 16.2 Å². The van der Waals surface area contributed by atoms with Gasteiger partial charge in [0.15, 0.2) is 5.82 Å². The van der Waals surface area contributed by atoms with Gasteiger partial charge in [0.1, 0.15) is 12.2 Å². The van der Waals surface area contributed by atoms with E-state index in [1.54, 1.807) is 20.8 Å². The summed E-state index contributed by atoms with van der Waals surface area (Å²) >= 11 is 0. The first kappa shape index (κ1) is 21.8. The standard InChI is InChI=1S/C18H25F5N4O2/c1-10(2)12(19)8-27-13(18(21,22)23)4-5-26-16(28)14(20)15(24-17(26)27)25-6-7-29-9-11(25)3/h10-13H,4-9H2,1-3H3/t11-,12?,13?/m1/s1. The van der Waals surface area contributed by atoms with Crippen LogP contribution in [0.4, 0.5) is 33.7 Å². The van der Waals surface area contributed by atoms with Gasteiger partial charge in [-0.1, -0.05) is 13.8 Å². The highest BCUT2D eigenvalue weighted by Gasteiger charge is 2.48. The van der Waals surface area contributed by atoms with Gasteiger partial charge in [-0.2, -0.15) is 22.5 Å². The zero-order valence-corrected chi connectivity index (χ0v) is 16.5. The number of rotatable bonds is 4. The highest BCUT2D eigenvalue weighted by Crippen LogP contribution is 2.35. The Kier molecular flexibility index (Phi) is 6.07. The minimum Gasteiger partial charge on any atom is -0.377 e. The van der Waals surface area contributed by atoms with E-state index < -0.39 is 48.6 Å². The molecule has 0 saturated carbocycles. The quantitative estimate of drug-likeness (QED) is 0.696. The third kappa shape index (κ3) is 4.19. The molecule has 0 aliphatic carbocycles. The Bertz CT molecular complexity index is 798. The Balaban J connectivity index is 2.11. The van der Waals surface area contributed by atoms with E-state index >= 15 is 0 Å². The third-order valence-electron chi connectivity index (χ3n) is 5.45. The highest BCUT2D eigenvalue weighted by molar-refractivity contribution is 5.48. The molecule has 0 radical (unpaired) electrons. The number of anilines is 2. The van der Waals surface area contributed by atoms with Crippen molar-refractivity contribution in [1.29, 1.82) is 0 Å². The molecule has 1 fully saturated rings. The number of nitrogens with zero attached hydrogens (tertiary/aromatic N) is 4. The second-order valence-corrected chi connectivity index (χ2v) is 7.88. The van der Waals surface area contributed by atoms with E-state index in [1.165, 1.54) is 4.90 Å². The molecule has 1 saturated heterocycles. The molecule has 0 aromatic carbocycles. The lowest BCUT2D eigenvalue weighted by Crippen LogP contribution is -2.55. The molecule has 3 rings (SSSR count). The number of halogens is 5. The van der Waals surface area contributed by atoms with Crippen LogP contribution in [0.3, 0.4) is 0 Å². The number of hydrogen-bond donors (Lipinski definition) is 0. The number of aromatic nitrogens is 2. The van der Waals surface area contributed by atoms with Crippen LogP contribution in [-0.2, 0) is 11.3 Å². The van der Waals surface area contributed by atoms with Crippen molar-refractivity contribution >= 4 is 11.8 Å². The lowest BCUT2D eigenvalue weighted by Gasteiger charge is -2.41. The monoisotopic (exact) mass is 424 g/mol. The molecule has 0 N–H and O–H groups in total. The van der Waals surface area contributed by atoms with Gasteiger partial charge in [-0.15, -0.1) is 0 Å². The predicted molar refractivity (Wildman–Crippen MR) is 97.6 cm³/mol. The fourth-order valence-corrected chi connectivity index (χ4v) is 3.66. The summed E-state index contributed by atoms with van der Waals surface area (Å²) in [5.41, 5.74) is -1.05. The van der Waals surface area contributed by atoms with Crippen molar-refractivity contribution in [2.24, 2.45) is 5.92 Å². The summed E-state index contributed by atoms with van der Waals surface area (Å²) in [5, 5.41) is 0. The second kappa shape index (κ2) is 8.08. The molecule has 0 spiro atoms. The number of hydrogen-bond acceptors (Lipinski definition) is 5. The Hall–Kier alpha value is -1.91. The van der Waals surface area contributed by atoms with Crippen molar-refractivity contribution in [2.75, 3.05) is 36.1 Å². The van der Waals surface area contributed by atoms with Gasteiger partial charge in [0.05, 0.1) is 25.8 Å². The minimum absolute atomic E-state index is 0.244. The summed E-state index contributed by atoms with van der Waals surface area (Å²) in [6.07, 6.45) is -6.69. The van der Waals surface area contributed by atoms with E-state index in [9.17, 15) is 26.7 Å². The van der Waals surface area contributed by atoms with E-state index in [2.05, 4.69) is 4.98 Å². The molecule has 29 heavy (non-hydrogen) atoms. The van der Waals surface area contributed by atoms with Crippen molar-refractivity contribution < 1.29 is 26.7 Å². The zero-order chi connectivity index (χ0) is 21.5. The summed E-state index contributed by atoms with van der Waals surface area (Å²) in [6, 6.07) is -2.31. The Morgan fingerprint density at radius 1 is 1.28 bits per heavy atom. The maximum Gasteiger partial charge on any atom is 0.408 e. The molecule has 1 aromatic heterocycles. The molecule has 164 valence electrons. The highest BCUT2D eigenvalue weighted by atomic mass is 19.4. The van der Waals surface area contributed by atoms with E-state index in [0.717, 1.165) is 9.47 Å². The average Bonchev–Trinajstić information content (AvgIpc) is 2.64. The molecule has 1 aromatic rings. The molecular formula is C18H25F5N4O2. The summed E-state index contributed by atoms with van der Waals surface area (Å²) < 4.78 is 76.4. The first-order chi connectivity index (χ1) is 13.5. The van der Waals surface area contributed by atoms with Gasteiger partial charge in [0.2, 0.25) is 11.8 Å². The molecule has 0 bridgehead atoms. The molecule has 0 amide bonds. The summed E-state index contributed by atoms with van der Waals surface area (Å²) in [5.74, 6) is -2.30.